The summed E-state index contributed by atoms with van der Waals surface area (Å²) in [5.74, 6) is 3.50. The number of hydrogen-bond donors (Lipinski definition) is 0. The Morgan fingerprint density at radius 2 is 2.06 bits per heavy atom. The van der Waals surface area contributed by atoms with Crippen LogP contribution in [0, 0.1) is 23.7 Å². The lowest BCUT2D eigenvalue weighted by atomic mass is 9.83. The highest BCUT2D eigenvalue weighted by Crippen LogP contribution is 2.79. The molecule has 2 bridgehead atoms. The summed E-state index contributed by atoms with van der Waals surface area (Å²) in [6.45, 7) is 4.70. The molecule has 0 aromatic rings. The third-order valence-corrected chi connectivity index (χ3v) is 9.50. The van der Waals surface area contributed by atoms with E-state index >= 15 is 0 Å². The van der Waals surface area contributed by atoms with Crippen molar-refractivity contribution >= 4 is 23.5 Å². The monoisotopic (exact) mass is 255 g/mol. The molecule has 5 rings (SSSR count). The molecule has 4 heteroatoms. The van der Waals surface area contributed by atoms with Crippen LogP contribution in [0.2, 0.25) is 0 Å². The van der Waals surface area contributed by atoms with E-state index in [1.165, 1.54) is 6.42 Å². The van der Waals surface area contributed by atoms with Crippen molar-refractivity contribution in [2.45, 2.75) is 40.9 Å². The van der Waals surface area contributed by atoms with E-state index in [1.54, 1.807) is 0 Å². The fourth-order valence-corrected chi connectivity index (χ4v) is 9.81. The summed E-state index contributed by atoms with van der Waals surface area (Å²) >= 11 is 4.38. The summed E-state index contributed by atoms with van der Waals surface area (Å²) in [6.07, 6.45) is 1.48. The lowest BCUT2D eigenvalue weighted by Crippen LogP contribution is -2.48. The molecule has 5 aliphatic rings. The van der Waals surface area contributed by atoms with E-state index in [4.69, 9.17) is 4.74 Å². The van der Waals surface area contributed by atoms with Gasteiger partial charge in [-0.25, -0.2) is 0 Å². The standard InChI is InChI=1S/C12H17NOS2/c1-11-7-5-4-6-8(7)12(2,14-11)16-10(6)15-9(5)13(11)3/h5-10H,4H2,1-3H3. The smallest absolute Gasteiger partial charge is 0.125 e. The maximum atomic E-state index is 6.57. The Balaban J connectivity index is 1.80. The number of likely N-dealkylation sites (tertiary alicyclic amines) is 1. The zero-order valence-electron chi connectivity index (χ0n) is 9.84. The molecule has 0 radical (unpaired) electrons. The van der Waals surface area contributed by atoms with Crippen molar-refractivity contribution < 1.29 is 4.74 Å². The molecule has 0 aromatic heterocycles. The lowest BCUT2D eigenvalue weighted by Gasteiger charge is -2.41. The quantitative estimate of drug-likeness (QED) is 0.659. The second kappa shape index (κ2) is 2.36. The van der Waals surface area contributed by atoms with E-state index in [-0.39, 0.29) is 10.7 Å². The molecule has 88 valence electrons. The highest BCUT2D eigenvalue weighted by atomic mass is 32.2. The summed E-state index contributed by atoms with van der Waals surface area (Å²) in [5, 5.41) is 0.735. The molecular weight excluding hydrogens is 238 g/mol. The van der Waals surface area contributed by atoms with Crippen LogP contribution in [0.5, 0.6) is 0 Å². The van der Waals surface area contributed by atoms with Gasteiger partial charge >= 0.3 is 0 Å². The van der Waals surface area contributed by atoms with Gasteiger partial charge in [0.05, 0.1) is 9.96 Å². The summed E-state index contributed by atoms with van der Waals surface area (Å²) in [7, 11) is 2.28. The summed E-state index contributed by atoms with van der Waals surface area (Å²) < 4.78 is 7.39. The SMILES string of the molecule is CN1C2SC3SC4(C)OC1(C)C1C2CC3C14. The van der Waals surface area contributed by atoms with Gasteiger partial charge in [0, 0.05) is 11.8 Å². The second-order valence-corrected chi connectivity index (χ2v) is 9.53. The minimum atomic E-state index is 0.0366. The van der Waals surface area contributed by atoms with Gasteiger partial charge < -0.3 is 4.74 Å². The zero-order valence-corrected chi connectivity index (χ0v) is 11.5. The molecule has 1 saturated carbocycles. The second-order valence-electron chi connectivity index (χ2n) is 6.41. The Bertz CT molecular complexity index is 404. The Hall–Kier alpha value is 0.620. The Labute approximate surface area is 105 Å². The first kappa shape index (κ1) is 9.54. The van der Waals surface area contributed by atoms with Crippen LogP contribution in [0.3, 0.4) is 0 Å². The van der Waals surface area contributed by atoms with Crippen LogP contribution in [0.15, 0.2) is 0 Å². The molecule has 0 amide bonds. The van der Waals surface area contributed by atoms with E-state index in [9.17, 15) is 0 Å². The molecule has 2 nitrogen and oxygen atoms in total. The van der Waals surface area contributed by atoms with E-state index in [0.29, 0.717) is 0 Å². The fourth-order valence-electron chi connectivity index (χ4n) is 5.43. The summed E-state index contributed by atoms with van der Waals surface area (Å²) in [4.78, 5) is 2.67. The van der Waals surface area contributed by atoms with Crippen LogP contribution in [-0.2, 0) is 4.74 Å². The van der Waals surface area contributed by atoms with Crippen molar-refractivity contribution in [3.05, 3.63) is 0 Å². The zero-order chi connectivity index (χ0) is 10.9. The molecule has 8 unspecified atom stereocenters. The van der Waals surface area contributed by atoms with Gasteiger partial charge in [0.15, 0.2) is 0 Å². The van der Waals surface area contributed by atoms with Gasteiger partial charge in [-0.15, -0.1) is 23.5 Å². The molecule has 4 heterocycles. The molecule has 8 atom stereocenters. The predicted molar refractivity (Wildman–Crippen MR) is 67.0 cm³/mol. The van der Waals surface area contributed by atoms with Gasteiger partial charge in [-0.1, -0.05) is 0 Å². The minimum Gasteiger partial charge on any atom is -0.343 e. The Kier molecular flexibility index (Phi) is 1.41. The van der Waals surface area contributed by atoms with Gasteiger partial charge in [0.1, 0.15) is 10.7 Å². The number of thioether (sulfide) groups is 2. The van der Waals surface area contributed by atoms with Crippen molar-refractivity contribution in [2.24, 2.45) is 23.7 Å². The molecule has 0 aromatic carbocycles. The van der Waals surface area contributed by atoms with E-state index < -0.39 is 0 Å². The summed E-state index contributed by atoms with van der Waals surface area (Å²) in [6, 6.07) is 0. The highest BCUT2D eigenvalue weighted by Gasteiger charge is 2.79. The van der Waals surface area contributed by atoms with E-state index in [1.807, 2.05) is 0 Å². The Morgan fingerprint density at radius 3 is 2.88 bits per heavy atom. The molecule has 1 aliphatic carbocycles. The number of ether oxygens (including phenoxy) is 1. The molecule has 16 heavy (non-hydrogen) atoms. The highest BCUT2D eigenvalue weighted by molar-refractivity contribution is 8.18. The minimum absolute atomic E-state index is 0.0366. The van der Waals surface area contributed by atoms with Gasteiger partial charge in [-0.3, -0.25) is 4.90 Å². The van der Waals surface area contributed by atoms with Gasteiger partial charge in [-0.05, 0) is 39.2 Å². The third-order valence-electron chi connectivity index (χ3n) is 5.91. The third kappa shape index (κ3) is 0.714. The first-order chi connectivity index (χ1) is 7.55. The van der Waals surface area contributed by atoms with E-state index in [2.05, 4.69) is 49.3 Å². The largest absolute Gasteiger partial charge is 0.343 e. The van der Waals surface area contributed by atoms with Crippen molar-refractivity contribution in [1.29, 1.82) is 0 Å². The number of nitrogens with zero attached hydrogens (tertiary/aromatic N) is 1. The average Bonchev–Trinajstić information content (AvgIpc) is 2.80. The van der Waals surface area contributed by atoms with Gasteiger partial charge in [0.2, 0.25) is 0 Å². The van der Waals surface area contributed by atoms with Crippen molar-refractivity contribution in [2.75, 3.05) is 7.05 Å². The topological polar surface area (TPSA) is 12.5 Å². The van der Waals surface area contributed by atoms with Crippen LogP contribution < -0.4 is 0 Å². The molecule has 5 fully saturated rings. The van der Waals surface area contributed by atoms with Gasteiger partial charge in [0.25, 0.3) is 0 Å². The van der Waals surface area contributed by atoms with E-state index in [0.717, 1.165) is 33.6 Å². The first-order valence-electron chi connectivity index (χ1n) is 6.31. The number of rotatable bonds is 0. The normalized spacial score (nSPS) is 74.4. The average molecular weight is 255 g/mol. The van der Waals surface area contributed by atoms with Crippen LogP contribution in [-0.4, -0.2) is 32.6 Å². The maximum absolute atomic E-state index is 6.57. The van der Waals surface area contributed by atoms with Gasteiger partial charge in [-0.2, -0.15) is 0 Å². The van der Waals surface area contributed by atoms with Crippen LogP contribution in [0.4, 0.5) is 0 Å². The summed E-state index contributed by atoms with van der Waals surface area (Å²) in [5.41, 5.74) is 0.0366. The van der Waals surface area contributed by atoms with Crippen LogP contribution in [0.1, 0.15) is 20.3 Å². The maximum Gasteiger partial charge on any atom is 0.125 e. The molecular formula is C12H17NOS2. The number of hydrogen-bond acceptors (Lipinski definition) is 4. The van der Waals surface area contributed by atoms with Crippen molar-refractivity contribution in [3.63, 3.8) is 0 Å². The molecule has 0 spiro atoms. The van der Waals surface area contributed by atoms with Crippen LogP contribution in [0.25, 0.3) is 0 Å². The first-order valence-corrected chi connectivity index (χ1v) is 8.13. The van der Waals surface area contributed by atoms with Crippen LogP contribution >= 0.6 is 23.5 Å². The lowest BCUT2D eigenvalue weighted by molar-refractivity contribution is -0.128. The van der Waals surface area contributed by atoms with Crippen molar-refractivity contribution in [3.8, 4) is 0 Å². The predicted octanol–water partition coefficient (Wildman–Crippen LogP) is 2.41. The molecule has 0 N–H and O–H groups in total. The Morgan fingerprint density at radius 1 is 1.25 bits per heavy atom. The van der Waals surface area contributed by atoms with Crippen molar-refractivity contribution in [1.82, 2.24) is 4.90 Å². The fraction of sp³-hybridized carbons (Fsp3) is 1.00. The molecule has 4 aliphatic heterocycles. The molecule has 4 saturated heterocycles.